The molecule has 2 heterocycles. The third kappa shape index (κ3) is 4.48. The Morgan fingerprint density at radius 1 is 1.14 bits per heavy atom. The van der Waals surface area contributed by atoms with Crippen LogP contribution in [0.5, 0.6) is 0 Å². The van der Waals surface area contributed by atoms with Crippen LogP contribution in [0.25, 0.3) is 5.69 Å². The molecular formula is C19H27N7OS. The van der Waals surface area contributed by atoms with E-state index in [9.17, 15) is 4.79 Å². The standard InChI is InChI=1S/C19H27N7OS/c1-14-3-6-17(15(2)11-14)26-19(28)25(21-22-26)13-24-9-7-23(8-10-24)12-18(27)20-16-4-5-16/h3,6,11,16H,4-5,7-10,12-13H2,1-2H3,(H,20,27). The first-order valence-electron chi connectivity index (χ1n) is 9.84. The minimum Gasteiger partial charge on any atom is -0.352 e. The van der Waals surface area contributed by atoms with Gasteiger partial charge in [0.25, 0.3) is 0 Å². The van der Waals surface area contributed by atoms with Crippen LogP contribution in [0, 0.1) is 18.6 Å². The average Bonchev–Trinajstić information content (AvgIpc) is 3.40. The number of piperazine rings is 1. The smallest absolute Gasteiger partial charge is 0.234 e. The van der Waals surface area contributed by atoms with Crippen LogP contribution in [0.1, 0.15) is 24.0 Å². The molecule has 2 fully saturated rings. The van der Waals surface area contributed by atoms with Gasteiger partial charge in [-0.15, -0.1) is 0 Å². The first-order valence-corrected chi connectivity index (χ1v) is 10.2. The lowest BCUT2D eigenvalue weighted by Crippen LogP contribution is -2.49. The number of nitrogens with zero attached hydrogens (tertiary/aromatic N) is 6. The number of amides is 1. The third-order valence-corrected chi connectivity index (χ3v) is 5.71. The molecule has 8 nitrogen and oxygen atoms in total. The van der Waals surface area contributed by atoms with E-state index in [2.05, 4.69) is 51.5 Å². The molecule has 0 unspecified atom stereocenters. The molecule has 1 aliphatic carbocycles. The number of carbonyl (C=O) groups is 1. The molecule has 9 heteroatoms. The summed E-state index contributed by atoms with van der Waals surface area (Å²) in [5.41, 5.74) is 3.30. The molecule has 1 aromatic carbocycles. The average molecular weight is 402 g/mol. The zero-order valence-electron chi connectivity index (χ0n) is 16.5. The number of rotatable bonds is 6. The summed E-state index contributed by atoms with van der Waals surface area (Å²) < 4.78 is 4.09. The highest BCUT2D eigenvalue weighted by atomic mass is 32.1. The van der Waals surface area contributed by atoms with E-state index in [1.54, 1.807) is 9.36 Å². The van der Waals surface area contributed by atoms with Gasteiger partial charge in [-0.1, -0.05) is 17.7 Å². The van der Waals surface area contributed by atoms with Crippen LogP contribution in [-0.2, 0) is 11.5 Å². The van der Waals surface area contributed by atoms with Crippen molar-refractivity contribution in [2.45, 2.75) is 39.4 Å². The highest BCUT2D eigenvalue weighted by Gasteiger charge is 2.25. The van der Waals surface area contributed by atoms with Gasteiger partial charge in [0.2, 0.25) is 10.7 Å². The van der Waals surface area contributed by atoms with Crippen molar-refractivity contribution in [1.29, 1.82) is 0 Å². The molecule has 1 saturated carbocycles. The van der Waals surface area contributed by atoms with Crippen LogP contribution < -0.4 is 5.32 Å². The number of aromatic nitrogens is 4. The van der Waals surface area contributed by atoms with Gasteiger partial charge in [-0.2, -0.15) is 4.68 Å². The van der Waals surface area contributed by atoms with Crippen molar-refractivity contribution in [3.05, 3.63) is 34.1 Å². The Hall–Kier alpha value is -2.10. The molecule has 0 radical (unpaired) electrons. The monoisotopic (exact) mass is 401 g/mol. The second kappa shape index (κ2) is 8.10. The Balaban J connectivity index is 1.33. The SMILES string of the molecule is Cc1ccc(-n2nnn(CN3CCN(CC(=O)NC4CC4)CC3)c2=S)c(C)c1. The van der Waals surface area contributed by atoms with Crippen molar-refractivity contribution < 1.29 is 4.79 Å². The van der Waals surface area contributed by atoms with Crippen molar-refractivity contribution >= 4 is 18.1 Å². The largest absolute Gasteiger partial charge is 0.352 e. The second-order valence-corrected chi connectivity index (χ2v) is 8.21. The molecular weight excluding hydrogens is 374 g/mol. The Bertz CT molecular complexity index is 909. The maximum atomic E-state index is 12.0. The Morgan fingerprint density at radius 3 is 2.54 bits per heavy atom. The highest BCUT2D eigenvalue weighted by Crippen LogP contribution is 2.18. The fraction of sp³-hybridized carbons (Fsp3) is 0.579. The molecule has 1 N–H and O–H groups in total. The summed E-state index contributed by atoms with van der Waals surface area (Å²) in [6, 6.07) is 6.64. The van der Waals surface area contributed by atoms with Crippen molar-refractivity contribution in [3.63, 3.8) is 0 Å². The number of tetrazole rings is 1. The molecule has 2 aliphatic rings. The van der Waals surface area contributed by atoms with Gasteiger partial charge in [0.05, 0.1) is 18.9 Å². The van der Waals surface area contributed by atoms with E-state index in [4.69, 9.17) is 12.2 Å². The van der Waals surface area contributed by atoms with Gasteiger partial charge >= 0.3 is 0 Å². The molecule has 150 valence electrons. The van der Waals surface area contributed by atoms with Gasteiger partial charge in [0, 0.05) is 32.2 Å². The molecule has 0 atom stereocenters. The van der Waals surface area contributed by atoms with Gasteiger partial charge in [-0.3, -0.25) is 14.6 Å². The number of carbonyl (C=O) groups excluding carboxylic acids is 1. The Morgan fingerprint density at radius 2 is 1.86 bits per heavy atom. The molecule has 1 aromatic heterocycles. The fourth-order valence-electron chi connectivity index (χ4n) is 3.54. The first kappa shape index (κ1) is 19.2. The second-order valence-electron chi connectivity index (χ2n) is 7.84. The molecule has 28 heavy (non-hydrogen) atoms. The zero-order chi connectivity index (χ0) is 19.7. The van der Waals surface area contributed by atoms with Crippen molar-refractivity contribution in [2.24, 2.45) is 0 Å². The van der Waals surface area contributed by atoms with Crippen LogP contribution in [0.3, 0.4) is 0 Å². The van der Waals surface area contributed by atoms with Crippen molar-refractivity contribution in [2.75, 3.05) is 32.7 Å². The molecule has 0 spiro atoms. The van der Waals surface area contributed by atoms with Crippen molar-refractivity contribution in [1.82, 2.24) is 34.9 Å². The zero-order valence-corrected chi connectivity index (χ0v) is 17.3. The number of hydrogen-bond acceptors (Lipinski definition) is 6. The summed E-state index contributed by atoms with van der Waals surface area (Å²) in [4.78, 5) is 16.5. The van der Waals surface area contributed by atoms with E-state index in [1.165, 1.54) is 5.56 Å². The number of nitrogens with one attached hydrogen (secondary N) is 1. The van der Waals surface area contributed by atoms with E-state index >= 15 is 0 Å². The van der Waals surface area contributed by atoms with Gasteiger partial charge in [0.15, 0.2) is 0 Å². The minimum absolute atomic E-state index is 0.148. The molecule has 1 saturated heterocycles. The topological polar surface area (TPSA) is 71.2 Å². The molecule has 2 aromatic rings. The summed E-state index contributed by atoms with van der Waals surface area (Å²) in [5, 5.41) is 11.6. The van der Waals surface area contributed by atoms with Gasteiger partial charge in [0.1, 0.15) is 0 Å². The van der Waals surface area contributed by atoms with E-state index < -0.39 is 0 Å². The summed E-state index contributed by atoms with van der Waals surface area (Å²) in [6.07, 6.45) is 2.26. The number of benzene rings is 1. The minimum atomic E-state index is 0.148. The quantitative estimate of drug-likeness (QED) is 0.735. The normalized spacial score (nSPS) is 18.4. The lowest BCUT2D eigenvalue weighted by atomic mass is 10.1. The summed E-state index contributed by atoms with van der Waals surface area (Å²) >= 11 is 5.61. The lowest BCUT2D eigenvalue weighted by Gasteiger charge is -2.33. The number of hydrogen-bond donors (Lipinski definition) is 1. The lowest BCUT2D eigenvalue weighted by molar-refractivity contribution is -0.122. The summed E-state index contributed by atoms with van der Waals surface area (Å²) in [7, 11) is 0. The Kier molecular flexibility index (Phi) is 5.56. The van der Waals surface area contributed by atoms with Gasteiger partial charge in [-0.05, 0) is 61.0 Å². The van der Waals surface area contributed by atoms with Crippen LogP contribution >= 0.6 is 12.2 Å². The summed E-state index contributed by atoms with van der Waals surface area (Å²) in [5.74, 6) is 0.148. The van der Waals surface area contributed by atoms with Crippen LogP contribution in [-0.4, -0.2) is 74.3 Å². The third-order valence-electron chi connectivity index (χ3n) is 5.33. The molecule has 4 rings (SSSR count). The molecule has 0 bridgehead atoms. The first-order chi connectivity index (χ1) is 13.5. The maximum absolute atomic E-state index is 12.0. The fourth-order valence-corrected chi connectivity index (χ4v) is 3.77. The number of aryl methyl sites for hydroxylation is 2. The predicted octanol–water partition coefficient (Wildman–Crippen LogP) is 1.27. The molecule has 1 amide bonds. The highest BCUT2D eigenvalue weighted by molar-refractivity contribution is 7.71. The summed E-state index contributed by atoms with van der Waals surface area (Å²) in [6.45, 7) is 8.75. The van der Waals surface area contributed by atoms with E-state index in [0.29, 0.717) is 24.0 Å². The van der Waals surface area contributed by atoms with E-state index in [0.717, 1.165) is 50.3 Å². The van der Waals surface area contributed by atoms with Gasteiger partial charge < -0.3 is 5.32 Å². The van der Waals surface area contributed by atoms with Crippen LogP contribution in [0.15, 0.2) is 18.2 Å². The maximum Gasteiger partial charge on any atom is 0.234 e. The molecule has 1 aliphatic heterocycles. The van der Waals surface area contributed by atoms with Crippen LogP contribution in [0.4, 0.5) is 0 Å². The predicted molar refractivity (Wildman–Crippen MR) is 109 cm³/mol. The van der Waals surface area contributed by atoms with Crippen LogP contribution in [0.2, 0.25) is 0 Å². The van der Waals surface area contributed by atoms with Gasteiger partial charge in [-0.25, -0.2) is 4.68 Å². The van der Waals surface area contributed by atoms with Crippen molar-refractivity contribution in [3.8, 4) is 5.69 Å². The van der Waals surface area contributed by atoms with E-state index in [-0.39, 0.29) is 5.91 Å². The Labute approximate surface area is 170 Å². The van der Waals surface area contributed by atoms with E-state index in [1.807, 2.05) is 6.07 Å².